The van der Waals surface area contributed by atoms with E-state index in [1.807, 2.05) is 26.8 Å². The molecule has 0 fully saturated rings. The van der Waals surface area contributed by atoms with Crippen molar-refractivity contribution in [3.8, 4) is 0 Å². The van der Waals surface area contributed by atoms with Crippen molar-refractivity contribution >= 4 is 0 Å². The van der Waals surface area contributed by atoms with Crippen molar-refractivity contribution in [3.05, 3.63) is 23.8 Å². The summed E-state index contributed by atoms with van der Waals surface area (Å²) in [5.74, 6) is 0. The Bertz CT molecular complexity index is 171. The Morgan fingerprint density at radius 2 is 1.91 bits per heavy atom. The zero-order valence-corrected chi connectivity index (χ0v) is 7.94. The van der Waals surface area contributed by atoms with Gasteiger partial charge in [-0.25, -0.2) is 0 Å². The smallest absolute Gasteiger partial charge is 0.0838 e. The van der Waals surface area contributed by atoms with Crippen molar-refractivity contribution in [1.82, 2.24) is 0 Å². The number of allylic oxidation sites excluding steroid dienone is 1. The molecule has 0 radical (unpaired) electrons. The maximum Gasteiger partial charge on any atom is 0.0838 e. The molecule has 11 heavy (non-hydrogen) atoms. The molecule has 0 heterocycles. The molecule has 1 atom stereocenters. The summed E-state index contributed by atoms with van der Waals surface area (Å²) < 4.78 is 0. The Morgan fingerprint density at radius 3 is 2.18 bits per heavy atom. The van der Waals surface area contributed by atoms with Crippen LogP contribution in [0.2, 0.25) is 0 Å². The minimum Gasteiger partial charge on any atom is -0.386 e. The van der Waals surface area contributed by atoms with Gasteiger partial charge in [-0.15, -0.1) is 6.58 Å². The van der Waals surface area contributed by atoms with Gasteiger partial charge in [-0.3, -0.25) is 0 Å². The van der Waals surface area contributed by atoms with Crippen LogP contribution in [0.15, 0.2) is 23.8 Å². The molecule has 1 heteroatoms. The fourth-order valence-electron chi connectivity index (χ4n) is 1.28. The first-order valence-electron chi connectivity index (χ1n) is 3.86. The number of rotatable bonds is 3. The van der Waals surface area contributed by atoms with Gasteiger partial charge in [0.05, 0.1) is 5.60 Å². The first-order chi connectivity index (χ1) is 4.83. The van der Waals surface area contributed by atoms with Crippen LogP contribution in [0.4, 0.5) is 0 Å². The van der Waals surface area contributed by atoms with Gasteiger partial charge in [0.1, 0.15) is 0 Å². The van der Waals surface area contributed by atoms with E-state index in [1.165, 1.54) is 0 Å². The highest BCUT2D eigenvalue weighted by atomic mass is 16.3. The zero-order chi connectivity index (χ0) is 9.07. The highest BCUT2D eigenvalue weighted by Crippen LogP contribution is 2.17. The molecule has 0 rings (SSSR count). The summed E-state index contributed by atoms with van der Waals surface area (Å²) in [5.41, 5.74) is 1.42. The molecule has 0 aliphatic rings. The van der Waals surface area contributed by atoms with Gasteiger partial charge in [0.15, 0.2) is 0 Å². The monoisotopic (exact) mass is 154 g/mol. The lowest BCUT2D eigenvalue weighted by Crippen LogP contribution is -2.21. The Labute approximate surface area is 69.4 Å². The van der Waals surface area contributed by atoms with E-state index < -0.39 is 5.60 Å². The van der Waals surface area contributed by atoms with Gasteiger partial charge in [0.25, 0.3) is 0 Å². The average Bonchev–Trinajstić information content (AvgIpc) is 1.53. The Balaban J connectivity index is 4.22. The van der Waals surface area contributed by atoms with Gasteiger partial charge in [0, 0.05) is 0 Å². The fourth-order valence-corrected chi connectivity index (χ4v) is 1.28. The predicted octanol–water partition coefficient (Wildman–Crippen LogP) is 2.67. The third-order valence-electron chi connectivity index (χ3n) is 1.26. The van der Waals surface area contributed by atoms with E-state index in [0.29, 0.717) is 6.42 Å². The fraction of sp³-hybridized carbons (Fsp3) is 0.600. The van der Waals surface area contributed by atoms with Crippen LogP contribution in [0.3, 0.4) is 0 Å². The molecule has 0 saturated carbocycles. The van der Waals surface area contributed by atoms with E-state index in [2.05, 4.69) is 6.58 Å². The first-order valence-corrected chi connectivity index (χ1v) is 3.86. The molecule has 0 aliphatic heterocycles. The largest absolute Gasteiger partial charge is 0.386 e. The quantitative estimate of drug-likeness (QED) is 0.620. The summed E-state index contributed by atoms with van der Waals surface area (Å²) in [5, 5.41) is 9.72. The second-order valence-corrected chi connectivity index (χ2v) is 3.71. The molecule has 0 aromatic rings. The van der Waals surface area contributed by atoms with Crippen molar-refractivity contribution in [3.63, 3.8) is 0 Å². The molecular weight excluding hydrogens is 136 g/mol. The molecule has 0 aromatic heterocycles. The highest BCUT2D eigenvalue weighted by Gasteiger charge is 2.15. The molecule has 1 unspecified atom stereocenters. The van der Waals surface area contributed by atoms with Crippen LogP contribution in [0.25, 0.3) is 0 Å². The van der Waals surface area contributed by atoms with Crippen LogP contribution in [0.1, 0.15) is 34.1 Å². The van der Waals surface area contributed by atoms with E-state index in [-0.39, 0.29) is 0 Å². The minimum absolute atomic E-state index is 0.637. The Morgan fingerprint density at radius 1 is 1.45 bits per heavy atom. The van der Waals surface area contributed by atoms with Crippen LogP contribution in [0.5, 0.6) is 0 Å². The van der Waals surface area contributed by atoms with Crippen molar-refractivity contribution < 1.29 is 5.11 Å². The molecular formula is C10H18O. The summed E-state index contributed by atoms with van der Waals surface area (Å²) in [6.07, 6.45) is 2.50. The van der Waals surface area contributed by atoms with Gasteiger partial charge in [0.2, 0.25) is 0 Å². The lowest BCUT2D eigenvalue weighted by atomic mass is 9.96. The molecule has 0 bridgehead atoms. The SMILES string of the molecule is C=C(C)CC(C)(O)C=C(C)C. The van der Waals surface area contributed by atoms with E-state index in [0.717, 1.165) is 11.1 Å². The van der Waals surface area contributed by atoms with E-state index in [9.17, 15) is 5.11 Å². The normalized spacial score (nSPS) is 15.4. The summed E-state index contributed by atoms with van der Waals surface area (Å²) in [4.78, 5) is 0. The van der Waals surface area contributed by atoms with Crippen LogP contribution in [-0.4, -0.2) is 10.7 Å². The summed E-state index contributed by atoms with van der Waals surface area (Å²) in [6, 6.07) is 0. The Hall–Kier alpha value is -0.560. The third kappa shape index (κ3) is 5.86. The van der Waals surface area contributed by atoms with Crippen LogP contribution >= 0.6 is 0 Å². The maximum absolute atomic E-state index is 9.72. The first kappa shape index (κ1) is 10.4. The topological polar surface area (TPSA) is 20.2 Å². The summed E-state index contributed by atoms with van der Waals surface area (Å²) in [6.45, 7) is 11.4. The molecule has 0 amide bonds. The van der Waals surface area contributed by atoms with Gasteiger partial charge >= 0.3 is 0 Å². The molecule has 64 valence electrons. The van der Waals surface area contributed by atoms with Crippen molar-refractivity contribution in [1.29, 1.82) is 0 Å². The van der Waals surface area contributed by atoms with Crippen molar-refractivity contribution in [2.24, 2.45) is 0 Å². The molecule has 1 nitrogen and oxygen atoms in total. The van der Waals surface area contributed by atoms with Crippen LogP contribution < -0.4 is 0 Å². The summed E-state index contributed by atoms with van der Waals surface area (Å²) in [7, 11) is 0. The van der Waals surface area contributed by atoms with Crippen molar-refractivity contribution in [2.45, 2.75) is 39.7 Å². The second-order valence-electron chi connectivity index (χ2n) is 3.71. The maximum atomic E-state index is 9.72. The number of hydrogen-bond acceptors (Lipinski definition) is 1. The van der Waals surface area contributed by atoms with E-state index in [4.69, 9.17) is 0 Å². The molecule has 0 aliphatic carbocycles. The van der Waals surface area contributed by atoms with Gasteiger partial charge < -0.3 is 5.11 Å². The average molecular weight is 154 g/mol. The molecule has 0 saturated heterocycles. The van der Waals surface area contributed by atoms with E-state index >= 15 is 0 Å². The molecule has 0 spiro atoms. The second kappa shape index (κ2) is 3.72. The van der Waals surface area contributed by atoms with Gasteiger partial charge in [-0.05, 0) is 34.1 Å². The standard InChI is InChI=1S/C10H18O/c1-8(2)6-10(5,11)7-9(3)4/h7,11H,1,6H2,2-5H3. The molecule has 1 N–H and O–H groups in total. The van der Waals surface area contributed by atoms with Crippen LogP contribution in [0, 0.1) is 0 Å². The van der Waals surface area contributed by atoms with Crippen molar-refractivity contribution in [2.75, 3.05) is 0 Å². The lowest BCUT2D eigenvalue weighted by molar-refractivity contribution is 0.111. The minimum atomic E-state index is -0.718. The van der Waals surface area contributed by atoms with E-state index in [1.54, 1.807) is 6.92 Å². The van der Waals surface area contributed by atoms with Gasteiger partial charge in [-0.1, -0.05) is 17.2 Å². The number of aliphatic hydroxyl groups is 1. The zero-order valence-electron chi connectivity index (χ0n) is 7.94. The Kier molecular flexibility index (Phi) is 3.53. The molecule has 0 aromatic carbocycles. The predicted molar refractivity (Wildman–Crippen MR) is 49.5 cm³/mol. The third-order valence-corrected chi connectivity index (χ3v) is 1.26. The van der Waals surface area contributed by atoms with Gasteiger partial charge in [-0.2, -0.15) is 0 Å². The highest BCUT2D eigenvalue weighted by molar-refractivity contribution is 5.10. The number of hydrogen-bond donors (Lipinski definition) is 1. The van der Waals surface area contributed by atoms with Crippen LogP contribution in [-0.2, 0) is 0 Å². The lowest BCUT2D eigenvalue weighted by Gasteiger charge is -2.19. The summed E-state index contributed by atoms with van der Waals surface area (Å²) >= 11 is 0.